The molecule has 0 saturated heterocycles. The molecule has 0 fully saturated rings. The molecule has 1 radical (unpaired) electrons. The van der Waals surface area contributed by atoms with Crippen molar-refractivity contribution < 1.29 is 4.52 Å². The minimum atomic E-state index is 1.03. The maximum Gasteiger partial charge on any atom is 0.127 e. The average molecular weight is 96.1 g/mol. The van der Waals surface area contributed by atoms with E-state index in [2.05, 4.69) is 9.68 Å². The Labute approximate surface area is 42.1 Å². The molecule has 1 heterocycles. The standard InChI is InChI=1S/C5H6NO/c1-2-5-3-6-7-4-5/h2-4H,1H3. The van der Waals surface area contributed by atoms with Gasteiger partial charge in [-0.2, -0.15) is 0 Å². The molecule has 0 aliphatic rings. The molecule has 0 unspecified atom stereocenters. The van der Waals surface area contributed by atoms with Crippen LogP contribution in [0, 0.1) is 6.42 Å². The zero-order valence-electron chi connectivity index (χ0n) is 4.09. The highest BCUT2D eigenvalue weighted by molar-refractivity contribution is 5.09. The van der Waals surface area contributed by atoms with Gasteiger partial charge in [-0.15, -0.1) is 0 Å². The van der Waals surface area contributed by atoms with Crippen molar-refractivity contribution in [1.82, 2.24) is 5.16 Å². The van der Waals surface area contributed by atoms with Gasteiger partial charge in [0.1, 0.15) is 6.26 Å². The molecule has 2 heteroatoms. The topological polar surface area (TPSA) is 26.0 Å². The summed E-state index contributed by atoms with van der Waals surface area (Å²) in [6.07, 6.45) is 5.19. The van der Waals surface area contributed by atoms with E-state index in [9.17, 15) is 0 Å². The predicted octanol–water partition coefficient (Wildman–Crippen LogP) is 1.25. The van der Waals surface area contributed by atoms with Crippen LogP contribution in [0.1, 0.15) is 12.5 Å². The maximum atomic E-state index is 4.52. The predicted molar refractivity (Wildman–Crippen MR) is 25.6 cm³/mol. The zero-order valence-corrected chi connectivity index (χ0v) is 4.09. The SMILES string of the molecule is C[CH]c1cnoc1. The van der Waals surface area contributed by atoms with E-state index < -0.39 is 0 Å². The van der Waals surface area contributed by atoms with Gasteiger partial charge in [0.2, 0.25) is 0 Å². The number of hydrogen-bond donors (Lipinski definition) is 0. The number of hydrogen-bond acceptors (Lipinski definition) is 2. The highest BCUT2D eigenvalue weighted by atomic mass is 16.5. The molecule has 0 aliphatic heterocycles. The summed E-state index contributed by atoms with van der Waals surface area (Å²) in [5.74, 6) is 0. The van der Waals surface area contributed by atoms with Crippen molar-refractivity contribution in [2.24, 2.45) is 0 Å². The third kappa shape index (κ3) is 0.796. The van der Waals surface area contributed by atoms with Gasteiger partial charge >= 0.3 is 0 Å². The second-order valence-corrected chi connectivity index (χ2v) is 1.25. The van der Waals surface area contributed by atoms with Gasteiger partial charge in [-0.05, 0) is 6.42 Å². The lowest BCUT2D eigenvalue weighted by Crippen LogP contribution is -1.63. The second-order valence-electron chi connectivity index (χ2n) is 1.25. The minimum Gasteiger partial charge on any atom is -0.364 e. The fourth-order valence-corrected chi connectivity index (χ4v) is 0.356. The molecule has 1 rings (SSSR count). The molecular weight excluding hydrogens is 90.1 g/mol. The molecule has 0 amide bonds. The molecule has 0 saturated carbocycles. The molecular formula is C5H6NO. The Balaban J connectivity index is 2.76. The van der Waals surface area contributed by atoms with Crippen LogP contribution in [0.15, 0.2) is 17.0 Å². The summed E-state index contributed by atoms with van der Waals surface area (Å²) in [7, 11) is 0. The molecule has 0 N–H and O–H groups in total. The van der Waals surface area contributed by atoms with E-state index >= 15 is 0 Å². The normalized spacial score (nSPS) is 9.29. The van der Waals surface area contributed by atoms with E-state index in [1.165, 1.54) is 0 Å². The van der Waals surface area contributed by atoms with Crippen LogP contribution >= 0.6 is 0 Å². The number of nitrogens with zero attached hydrogens (tertiary/aromatic N) is 1. The third-order valence-corrected chi connectivity index (χ3v) is 0.785. The van der Waals surface area contributed by atoms with E-state index in [1.54, 1.807) is 12.5 Å². The average Bonchev–Trinajstić information content (AvgIpc) is 2.14. The first-order valence-corrected chi connectivity index (χ1v) is 2.12. The van der Waals surface area contributed by atoms with Gasteiger partial charge in [0, 0.05) is 5.56 Å². The van der Waals surface area contributed by atoms with Gasteiger partial charge in [-0.25, -0.2) is 0 Å². The van der Waals surface area contributed by atoms with Crippen molar-refractivity contribution in [2.75, 3.05) is 0 Å². The summed E-state index contributed by atoms with van der Waals surface area (Å²) < 4.78 is 4.52. The first kappa shape index (κ1) is 4.37. The van der Waals surface area contributed by atoms with E-state index in [0.717, 1.165) is 5.56 Å². The highest BCUT2D eigenvalue weighted by Gasteiger charge is 1.86. The second kappa shape index (κ2) is 1.78. The maximum absolute atomic E-state index is 4.52. The summed E-state index contributed by atoms with van der Waals surface area (Å²) in [5, 5.41) is 3.49. The molecule has 7 heavy (non-hydrogen) atoms. The molecule has 1 aromatic rings. The van der Waals surface area contributed by atoms with Gasteiger partial charge in [-0.3, -0.25) is 0 Å². The van der Waals surface area contributed by atoms with Crippen LogP contribution in [0.3, 0.4) is 0 Å². The first-order chi connectivity index (χ1) is 3.43. The molecule has 0 spiro atoms. The third-order valence-electron chi connectivity index (χ3n) is 0.785. The first-order valence-electron chi connectivity index (χ1n) is 2.12. The Hall–Kier alpha value is -0.790. The minimum absolute atomic E-state index is 1.03. The van der Waals surface area contributed by atoms with Crippen LogP contribution < -0.4 is 0 Å². The molecule has 37 valence electrons. The summed E-state index contributed by atoms with van der Waals surface area (Å²) in [5.41, 5.74) is 1.03. The van der Waals surface area contributed by atoms with Crippen LogP contribution in [0.2, 0.25) is 0 Å². The van der Waals surface area contributed by atoms with Gasteiger partial charge in [-0.1, -0.05) is 12.1 Å². The summed E-state index contributed by atoms with van der Waals surface area (Å²) in [6.45, 7) is 1.94. The fourth-order valence-electron chi connectivity index (χ4n) is 0.356. The molecule has 1 aromatic heterocycles. The van der Waals surface area contributed by atoms with Crippen LogP contribution in [0.4, 0.5) is 0 Å². The van der Waals surface area contributed by atoms with Crippen molar-refractivity contribution in [3.05, 3.63) is 24.4 Å². The highest BCUT2D eigenvalue weighted by Crippen LogP contribution is 1.96. The number of rotatable bonds is 1. The van der Waals surface area contributed by atoms with Crippen molar-refractivity contribution in [1.29, 1.82) is 0 Å². The van der Waals surface area contributed by atoms with Crippen LogP contribution in [0.25, 0.3) is 0 Å². The lowest BCUT2D eigenvalue weighted by atomic mass is 10.3. The lowest BCUT2D eigenvalue weighted by Gasteiger charge is -1.73. The van der Waals surface area contributed by atoms with E-state index in [1.807, 2.05) is 13.3 Å². The van der Waals surface area contributed by atoms with E-state index in [-0.39, 0.29) is 0 Å². The largest absolute Gasteiger partial charge is 0.364 e. The molecule has 0 bridgehead atoms. The number of aromatic nitrogens is 1. The Bertz CT molecular complexity index is 123. The zero-order chi connectivity index (χ0) is 5.11. The lowest BCUT2D eigenvalue weighted by molar-refractivity contribution is 0.419. The molecule has 0 aliphatic carbocycles. The van der Waals surface area contributed by atoms with Crippen molar-refractivity contribution >= 4 is 0 Å². The quantitative estimate of drug-likeness (QED) is 0.525. The van der Waals surface area contributed by atoms with Crippen molar-refractivity contribution in [2.45, 2.75) is 6.92 Å². The van der Waals surface area contributed by atoms with Crippen molar-refractivity contribution in [3.8, 4) is 0 Å². The smallest absolute Gasteiger partial charge is 0.127 e. The molecule has 2 nitrogen and oxygen atoms in total. The van der Waals surface area contributed by atoms with Gasteiger partial charge < -0.3 is 4.52 Å². The van der Waals surface area contributed by atoms with Crippen molar-refractivity contribution in [3.63, 3.8) is 0 Å². The Morgan fingerprint density at radius 1 is 1.86 bits per heavy atom. The summed E-state index contributed by atoms with van der Waals surface area (Å²) >= 11 is 0. The van der Waals surface area contributed by atoms with Crippen LogP contribution in [-0.4, -0.2) is 5.16 Å². The van der Waals surface area contributed by atoms with E-state index in [4.69, 9.17) is 0 Å². The summed E-state index contributed by atoms with van der Waals surface area (Å²) in [6, 6.07) is 0. The molecule has 0 aromatic carbocycles. The summed E-state index contributed by atoms with van der Waals surface area (Å²) in [4.78, 5) is 0. The van der Waals surface area contributed by atoms with E-state index in [0.29, 0.717) is 0 Å². The Kier molecular flexibility index (Phi) is 1.11. The van der Waals surface area contributed by atoms with Gasteiger partial charge in [0.05, 0.1) is 6.20 Å². The monoisotopic (exact) mass is 96.0 g/mol. The molecule has 0 atom stereocenters. The fraction of sp³-hybridized carbons (Fsp3) is 0.200. The van der Waals surface area contributed by atoms with Gasteiger partial charge in [0.25, 0.3) is 0 Å². The van der Waals surface area contributed by atoms with Gasteiger partial charge in [0.15, 0.2) is 0 Å². The van der Waals surface area contributed by atoms with Crippen LogP contribution in [0.5, 0.6) is 0 Å². The Morgan fingerprint density at radius 2 is 2.71 bits per heavy atom. The van der Waals surface area contributed by atoms with Crippen LogP contribution in [-0.2, 0) is 0 Å². The Morgan fingerprint density at radius 3 is 3.00 bits per heavy atom.